The highest BCUT2D eigenvalue weighted by molar-refractivity contribution is 6.01. The number of rotatable bonds is 7. The van der Waals surface area contributed by atoms with Crippen LogP contribution in [0.4, 0.5) is 16.3 Å². The molecule has 1 fully saturated rings. The molecule has 0 aliphatic carbocycles. The first-order valence-electron chi connectivity index (χ1n) is 11.0. The van der Waals surface area contributed by atoms with Gasteiger partial charge in [0.2, 0.25) is 0 Å². The third kappa shape index (κ3) is 6.04. The molecule has 3 N–H and O–H groups in total. The van der Waals surface area contributed by atoms with Gasteiger partial charge in [-0.25, -0.2) is 9.78 Å². The number of ether oxygens (including phenoxy) is 1. The summed E-state index contributed by atoms with van der Waals surface area (Å²) in [6, 6.07) is 10.3. The minimum absolute atomic E-state index is 0.0569. The fourth-order valence-corrected chi connectivity index (χ4v) is 3.75. The van der Waals surface area contributed by atoms with Gasteiger partial charge in [0, 0.05) is 37.4 Å². The minimum atomic E-state index is -0.493. The molecule has 176 valence electrons. The van der Waals surface area contributed by atoms with Crippen LogP contribution >= 0.6 is 0 Å². The molecule has 0 bridgehead atoms. The molecule has 1 saturated heterocycles. The molecule has 0 saturated carbocycles. The third-order valence-corrected chi connectivity index (χ3v) is 5.45. The summed E-state index contributed by atoms with van der Waals surface area (Å²) in [5.74, 6) is 0.515. The van der Waals surface area contributed by atoms with E-state index in [-0.39, 0.29) is 11.9 Å². The maximum atomic E-state index is 12.8. The highest BCUT2D eigenvalue weighted by atomic mass is 16.5. The number of aromatic nitrogens is 3. The van der Waals surface area contributed by atoms with Gasteiger partial charge in [-0.3, -0.25) is 25.0 Å². The Morgan fingerprint density at radius 1 is 1.12 bits per heavy atom. The fourth-order valence-electron chi connectivity index (χ4n) is 3.75. The highest BCUT2D eigenvalue weighted by Gasteiger charge is 2.25. The Morgan fingerprint density at radius 2 is 2.00 bits per heavy atom. The molecule has 1 aromatic carbocycles. The second-order valence-electron chi connectivity index (χ2n) is 8.05. The van der Waals surface area contributed by atoms with E-state index in [0.717, 1.165) is 37.4 Å². The summed E-state index contributed by atoms with van der Waals surface area (Å²) < 4.78 is 5.39. The second-order valence-corrected chi connectivity index (χ2v) is 8.05. The van der Waals surface area contributed by atoms with Crippen molar-refractivity contribution >= 4 is 23.4 Å². The first-order valence-corrected chi connectivity index (χ1v) is 11.0. The quantitative estimate of drug-likeness (QED) is 0.495. The number of benzene rings is 1. The average molecular weight is 462 g/mol. The molecule has 3 amide bonds. The molecule has 0 unspecified atom stereocenters. The van der Waals surface area contributed by atoms with Crippen molar-refractivity contribution in [1.29, 1.82) is 0 Å². The monoisotopic (exact) mass is 461 g/mol. The van der Waals surface area contributed by atoms with Crippen LogP contribution < -0.4 is 20.7 Å². The molecule has 1 aliphatic heterocycles. The Bertz CT molecular complexity index is 1140. The van der Waals surface area contributed by atoms with E-state index in [4.69, 9.17) is 4.74 Å². The van der Waals surface area contributed by atoms with Gasteiger partial charge in [0.05, 0.1) is 36.6 Å². The van der Waals surface area contributed by atoms with Crippen molar-refractivity contribution in [2.24, 2.45) is 0 Å². The van der Waals surface area contributed by atoms with Gasteiger partial charge < -0.3 is 15.4 Å². The predicted octanol–water partition coefficient (Wildman–Crippen LogP) is 2.84. The molecule has 34 heavy (non-hydrogen) atoms. The number of carbonyl (C=O) groups is 2. The van der Waals surface area contributed by atoms with E-state index >= 15 is 0 Å². The molecular formula is C24H27N7O3. The van der Waals surface area contributed by atoms with Crippen LogP contribution in [0.5, 0.6) is 5.75 Å². The van der Waals surface area contributed by atoms with Crippen LogP contribution in [0.15, 0.2) is 55.0 Å². The molecular weight excluding hydrogens is 434 g/mol. The minimum Gasteiger partial charge on any atom is -0.495 e. The maximum absolute atomic E-state index is 12.8. The molecule has 2 aromatic heterocycles. The van der Waals surface area contributed by atoms with E-state index in [1.807, 2.05) is 25.1 Å². The summed E-state index contributed by atoms with van der Waals surface area (Å²) in [5, 5.41) is 8.40. The van der Waals surface area contributed by atoms with Crippen molar-refractivity contribution in [1.82, 2.24) is 25.2 Å². The molecule has 1 atom stereocenters. The summed E-state index contributed by atoms with van der Waals surface area (Å²) in [6.07, 6.45) is 5.69. The third-order valence-electron chi connectivity index (χ3n) is 5.45. The Morgan fingerprint density at radius 3 is 2.74 bits per heavy atom. The van der Waals surface area contributed by atoms with Crippen LogP contribution in [0.25, 0.3) is 0 Å². The average Bonchev–Trinajstić information content (AvgIpc) is 3.27. The van der Waals surface area contributed by atoms with Crippen LogP contribution in [0, 0.1) is 6.92 Å². The Kier molecular flexibility index (Phi) is 7.28. The van der Waals surface area contributed by atoms with Crippen molar-refractivity contribution in [2.75, 3.05) is 30.8 Å². The molecule has 10 nitrogen and oxygen atoms in total. The van der Waals surface area contributed by atoms with Gasteiger partial charge in [-0.2, -0.15) is 0 Å². The molecule has 3 aromatic rings. The summed E-state index contributed by atoms with van der Waals surface area (Å²) in [4.78, 5) is 40.0. The number of hydrogen-bond donors (Lipinski definition) is 3. The lowest BCUT2D eigenvalue weighted by atomic mass is 10.1. The number of hydrogen-bond acceptors (Lipinski definition) is 7. The zero-order valence-corrected chi connectivity index (χ0v) is 19.1. The fraction of sp³-hybridized carbons (Fsp3) is 0.292. The smallest absolute Gasteiger partial charge is 0.324 e. The van der Waals surface area contributed by atoms with Gasteiger partial charge in [-0.05, 0) is 43.7 Å². The molecule has 4 rings (SSSR count). The first kappa shape index (κ1) is 23.1. The number of carbonyl (C=O) groups excluding carboxylic acids is 2. The van der Waals surface area contributed by atoms with Crippen molar-refractivity contribution in [2.45, 2.75) is 25.9 Å². The Labute approximate surface area is 197 Å². The van der Waals surface area contributed by atoms with Crippen LogP contribution in [-0.2, 0) is 6.54 Å². The number of aryl methyl sites for hydroxylation is 1. The summed E-state index contributed by atoms with van der Waals surface area (Å²) in [7, 11) is 1.48. The number of methoxy groups -OCH3 is 1. The zero-order chi connectivity index (χ0) is 23.9. The van der Waals surface area contributed by atoms with E-state index in [0.29, 0.717) is 22.8 Å². The van der Waals surface area contributed by atoms with Crippen molar-refractivity contribution < 1.29 is 14.3 Å². The molecule has 1 aliphatic rings. The summed E-state index contributed by atoms with van der Waals surface area (Å²) >= 11 is 0. The lowest BCUT2D eigenvalue weighted by molar-refractivity contribution is 0.0937. The van der Waals surface area contributed by atoms with Crippen molar-refractivity contribution in [3.05, 3.63) is 71.9 Å². The van der Waals surface area contributed by atoms with Gasteiger partial charge in [0.1, 0.15) is 5.75 Å². The predicted molar refractivity (Wildman–Crippen MR) is 128 cm³/mol. The van der Waals surface area contributed by atoms with E-state index in [1.165, 1.54) is 13.3 Å². The van der Waals surface area contributed by atoms with Gasteiger partial charge in [-0.1, -0.05) is 6.07 Å². The number of nitrogens with zero attached hydrogens (tertiary/aromatic N) is 4. The van der Waals surface area contributed by atoms with Gasteiger partial charge in [0.15, 0.2) is 5.82 Å². The van der Waals surface area contributed by atoms with E-state index in [2.05, 4.69) is 35.8 Å². The molecule has 10 heteroatoms. The highest BCUT2D eigenvalue weighted by Crippen LogP contribution is 2.26. The van der Waals surface area contributed by atoms with Gasteiger partial charge >= 0.3 is 6.03 Å². The first-order chi connectivity index (χ1) is 16.5. The second kappa shape index (κ2) is 10.7. The molecule has 0 radical (unpaired) electrons. The van der Waals surface area contributed by atoms with E-state index < -0.39 is 6.03 Å². The molecule has 3 heterocycles. The maximum Gasteiger partial charge on any atom is 0.324 e. The normalized spacial score (nSPS) is 15.5. The van der Waals surface area contributed by atoms with Crippen LogP contribution in [0.1, 0.15) is 28.2 Å². The number of urea groups is 1. The van der Waals surface area contributed by atoms with Crippen LogP contribution in [0.2, 0.25) is 0 Å². The number of anilines is 2. The number of amides is 3. The van der Waals surface area contributed by atoms with Gasteiger partial charge in [-0.15, -0.1) is 0 Å². The van der Waals surface area contributed by atoms with Crippen LogP contribution in [-0.4, -0.2) is 58.0 Å². The Balaban J connectivity index is 1.33. The van der Waals surface area contributed by atoms with E-state index in [9.17, 15) is 9.59 Å². The summed E-state index contributed by atoms with van der Waals surface area (Å²) in [5.41, 5.74) is 2.65. The van der Waals surface area contributed by atoms with Crippen LogP contribution in [0.3, 0.4) is 0 Å². The topological polar surface area (TPSA) is 121 Å². The van der Waals surface area contributed by atoms with Gasteiger partial charge in [0.25, 0.3) is 5.91 Å². The molecule has 0 spiro atoms. The lowest BCUT2D eigenvalue weighted by Crippen LogP contribution is -2.37. The summed E-state index contributed by atoms with van der Waals surface area (Å²) in [6.45, 7) is 4.23. The largest absolute Gasteiger partial charge is 0.495 e. The van der Waals surface area contributed by atoms with Crippen molar-refractivity contribution in [3.63, 3.8) is 0 Å². The number of pyridine rings is 1. The number of likely N-dealkylation sites (tertiary alicyclic amines) is 1. The van der Waals surface area contributed by atoms with Crippen molar-refractivity contribution in [3.8, 4) is 5.75 Å². The number of nitrogens with one attached hydrogen (secondary N) is 3. The SMILES string of the molecule is COc1cc(C(=O)N[C@@H]2CCN(Cc3ccccn3)C2)ccc1NC(=O)Nc1cnc(C)cn1. The Hall–Kier alpha value is -4.05. The standard InChI is InChI=1S/C24H27N7O3/c1-16-12-27-22(13-26-16)30-24(33)29-20-7-6-17(11-21(20)34-2)23(32)28-19-8-10-31(15-19)14-18-5-3-4-9-25-18/h3-7,9,11-13,19H,8,10,14-15H2,1-2H3,(H,28,32)(H2,27,29,30,33)/t19-/m1/s1. The lowest BCUT2D eigenvalue weighted by Gasteiger charge is -2.17. The zero-order valence-electron chi connectivity index (χ0n) is 19.1. The van der Waals surface area contributed by atoms with E-state index in [1.54, 1.807) is 30.6 Å².